The van der Waals surface area contributed by atoms with Crippen LogP contribution in [0.2, 0.25) is 5.02 Å². The summed E-state index contributed by atoms with van der Waals surface area (Å²) in [7, 11) is 0. The van der Waals surface area contributed by atoms with E-state index in [0.29, 0.717) is 29.5 Å². The van der Waals surface area contributed by atoms with Gasteiger partial charge in [-0.3, -0.25) is 14.9 Å². The van der Waals surface area contributed by atoms with E-state index in [2.05, 4.69) is 20.4 Å². The molecule has 4 rings (SSSR count). The molecule has 0 spiro atoms. The third-order valence-electron chi connectivity index (χ3n) is 4.62. The molecule has 1 aliphatic heterocycles. The molecule has 1 fully saturated rings. The number of rotatable bonds is 7. The maximum atomic E-state index is 12.5. The quantitative estimate of drug-likeness (QED) is 0.308. The lowest BCUT2D eigenvalue weighted by molar-refractivity contribution is -0.384. The van der Waals surface area contributed by atoms with E-state index in [1.54, 1.807) is 18.2 Å². The number of hydrogen-bond acceptors (Lipinski definition) is 9. The van der Waals surface area contributed by atoms with Crippen LogP contribution >= 0.6 is 23.4 Å². The molecule has 1 amide bonds. The van der Waals surface area contributed by atoms with Crippen molar-refractivity contribution >= 4 is 46.3 Å². The van der Waals surface area contributed by atoms with Crippen LogP contribution in [0.4, 0.5) is 17.1 Å². The monoisotopic (exact) mass is 475 g/mol. The number of halogens is 1. The smallest absolute Gasteiger partial charge is 0.277 e. The predicted octanol–water partition coefficient (Wildman–Crippen LogP) is 3.87. The number of thioether (sulfide) groups is 1. The minimum atomic E-state index is -0.499. The zero-order valence-electron chi connectivity index (χ0n) is 16.7. The summed E-state index contributed by atoms with van der Waals surface area (Å²) in [4.78, 5) is 25.1. The average molecular weight is 476 g/mol. The Balaban J connectivity index is 1.39. The molecule has 2 aromatic carbocycles. The molecule has 166 valence electrons. The zero-order chi connectivity index (χ0) is 22.5. The second kappa shape index (κ2) is 9.98. The van der Waals surface area contributed by atoms with Gasteiger partial charge >= 0.3 is 0 Å². The second-order valence-electron chi connectivity index (χ2n) is 6.78. The number of benzene rings is 2. The molecule has 0 bridgehead atoms. The first-order valence-electron chi connectivity index (χ1n) is 9.63. The minimum Gasteiger partial charge on any atom is -0.411 e. The van der Waals surface area contributed by atoms with E-state index < -0.39 is 4.92 Å². The van der Waals surface area contributed by atoms with Gasteiger partial charge in [-0.15, -0.1) is 10.2 Å². The van der Waals surface area contributed by atoms with Crippen LogP contribution in [-0.2, 0) is 9.53 Å². The Bertz CT molecular complexity index is 1140. The number of nitro groups is 1. The van der Waals surface area contributed by atoms with Gasteiger partial charge in [0.25, 0.3) is 10.9 Å². The molecule has 1 saturated heterocycles. The van der Waals surface area contributed by atoms with Crippen molar-refractivity contribution < 1.29 is 18.9 Å². The molecule has 0 radical (unpaired) electrons. The van der Waals surface area contributed by atoms with Crippen molar-refractivity contribution in [2.75, 3.05) is 42.3 Å². The summed E-state index contributed by atoms with van der Waals surface area (Å²) in [6.07, 6.45) is 0. The van der Waals surface area contributed by atoms with Gasteiger partial charge < -0.3 is 19.4 Å². The molecule has 0 aliphatic carbocycles. The van der Waals surface area contributed by atoms with Crippen LogP contribution in [0, 0.1) is 10.1 Å². The number of morpholine rings is 1. The molecule has 1 N–H and O–H groups in total. The molecule has 1 aromatic heterocycles. The fraction of sp³-hybridized carbons (Fsp3) is 0.250. The van der Waals surface area contributed by atoms with Gasteiger partial charge in [-0.2, -0.15) is 0 Å². The number of ether oxygens (including phenoxy) is 1. The molecule has 3 aromatic rings. The third kappa shape index (κ3) is 5.36. The second-order valence-corrected chi connectivity index (χ2v) is 8.14. The van der Waals surface area contributed by atoms with Crippen molar-refractivity contribution in [1.29, 1.82) is 0 Å². The number of nitro benzene ring substituents is 1. The van der Waals surface area contributed by atoms with Crippen LogP contribution in [0.25, 0.3) is 11.5 Å². The number of hydrogen-bond donors (Lipinski definition) is 1. The topological polar surface area (TPSA) is 124 Å². The van der Waals surface area contributed by atoms with Gasteiger partial charge in [-0.25, -0.2) is 0 Å². The lowest BCUT2D eigenvalue weighted by Gasteiger charge is -2.30. The first-order valence-corrected chi connectivity index (χ1v) is 11.0. The Morgan fingerprint density at radius 2 is 2.03 bits per heavy atom. The van der Waals surface area contributed by atoms with Gasteiger partial charge in [0.15, 0.2) is 0 Å². The van der Waals surface area contributed by atoms with E-state index in [0.717, 1.165) is 30.5 Å². The number of non-ortho nitro benzene ring substituents is 1. The highest BCUT2D eigenvalue weighted by Gasteiger charge is 2.18. The Labute approximate surface area is 192 Å². The summed E-state index contributed by atoms with van der Waals surface area (Å²) in [5.74, 6) is -0.0889. The SMILES string of the molecule is O=C(CSc1nnc(-c2cccc([N+](=O)[O-])c2)o1)Nc1cc(Cl)ccc1N1CCOCC1. The molecular formula is C20H18ClN5O5S. The van der Waals surface area contributed by atoms with Crippen molar-refractivity contribution in [2.45, 2.75) is 5.22 Å². The third-order valence-corrected chi connectivity index (χ3v) is 5.68. The van der Waals surface area contributed by atoms with E-state index in [9.17, 15) is 14.9 Å². The van der Waals surface area contributed by atoms with Crippen LogP contribution in [0.5, 0.6) is 0 Å². The van der Waals surface area contributed by atoms with E-state index in [-0.39, 0.29) is 28.5 Å². The Morgan fingerprint density at radius 3 is 2.81 bits per heavy atom. The predicted molar refractivity (Wildman–Crippen MR) is 120 cm³/mol. The Morgan fingerprint density at radius 1 is 1.22 bits per heavy atom. The maximum absolute atomic E-state index is 12.5. The molecule has 2 heterocycles. The van der Waals surface area contributed by atoms with Crippen LogP contribution in [-0.4, -0.2) is 53.1 Å². The number of carbonyl (C=O) groups is 1. The van der Waals surface area contributed by atoms with E-state index in [1.807, 2.05) is 6.07 Å². The number of aromatic nitrogens is 2. The van der Waals surface area contributed by atoms with Gasteiger partial charge in [0.1, 0.15) is 0 Å². The highest BCUT2D eigenvalue weighted by atomic mass is 35.5. The van der Waals surface area contributed by atoms with Gasteiger partial charge in [-0.1, -0.05) is 29.4 Å². The summed E-state index contributed by atoms with van der Waals surface area (Å²) in [6, 6.07) is 11.3. The summed E-state index contributed by atoms with van der Waals surface area (Å²) in [5, 5.41) is 22.3. The number of amides is 1. The summed E-state index contributed by atoms with van der Waals surface area (Å²) in [6.45, 7) is 2.69. The maximum Gasteiger partial charge on any atom is 0.277 e. The number of nitrogens with one attached hydrogen (secondary N) is 1. The largest absolute Gasteiger partial charge is 0.411 e. The molecule has 0 saturated carbocycles. The van der Waals surface area contributed by atoms with E-state index in [1.165, 1.54) is 18.2 Å². The first-order chi connectivity index (χ1) is 15.5. The molecule has 0 unspecified atom stereocenters. The summed E-state index contributed by atoms with van der Waals surface area (Å²) >= 11 is 7.20. The first kappa shape index (κ1) is 22.1. The molecule has 0 atom stereocenters. The van der Waals surface area contributed by atoms with Crippen LogP contribution in [0.3, 0.4) is 0 Å². The van der Waals surface area contributed by atoms with Crippen molar-refractivity contribution in [3.8, 4) is 11.5 Å². The van der Waals surface area contributed by atoms with Crippen LogP contribution < -0.4 is 10.2 Å². The van der Waals surface area contributed by atoms with Gasteiger partial charge in [0.05, 0.1) is 35.3 Å². The molecule has 10 nitrogen and oxygen atoms in total. The van der Waals surface area contributed by atoms with Gasteiger partial charge in [-0.05, 0) is 24.3 Å². The van der Waals surface area contributed by atoms with Crippen molar-refractivity contribution in [3.05, 3.63) is 57.6 Å². The molecule has 12 heteroatoms. The summed E-state index contributed by atoms with van der Waals surface area (Å²) < 4.78 is 10.9. The van der Waals surface area contributed by atoms with E-state index >= 15 is 0 Å². The highest BCUT2D eigenvalue weighted by Crippen LogP contribution is 2.31. The Hall–Kier alpha value is -3.15. The standard InChI is InChI=1S/C20H18ClN5O5S/c21-14-4-5-17(25-6-8-30-9-7-25)16(11-14)22-18(27)12-32-20-24-23-19(31-20)13-2-1-3-15(10-13)26(28)29/h1-5,10-11H,6-9,12H2,(H,22,27). The lowest BCUT2D eigenvalue weighted by atomic mass is 10.2. The highest BCUT2D eigenvalue weighted by molar-refractivity contribution is 7.99. The normalized spacial score (nSPS) is 13.7. The van der Waals surface area contributed by atoms with E-state index in [4.69, 9.17) is 20.8 Å². The summed E-state index contributed by atoms with van der Waals surface area (Å²) in [5.41, 5.74) is 1.85. The minimum absolute atomic E-state index is 0.0334. The van der Waals surface area contributed by atoms with Crippen molar-refractivity contribution in [2.24, 2.45) is 0 Å². The molecule has 1 aliphatic rings. The number of anilines is 2. The van der Waals surface area contributed by atoms with Crippen molar-refractivity contribution in [1.82, 2.24) is 10.2 Å². The molecular weight excluding hydrogens is 458 g/mol. The van der Waals surface area contributed by atoms with Gasteiger partial charge in [0, 0.05) is 35.8 Å². The van der Waals surface area contributed by atoms with Crippen LogP contribution in [0.1, 0.15) is 0 Å². The lowest BCUT2D eigenvalue weighted by Crippen LogP contribution is -2.36. The van der Waals surface area contributed by atoms with Gasteiger partial charge in [0.2, 0.25) is 11.8 Å². The fourth-order valence-corrected chi connectivity index (χ4v) is 3.87. The average Bonchev–Trinajstić information content (AvgIpc) is 3.28. The number of nitrogens with zero attached hydrogens (tertiary/aromatic N) is 4. The van der Waals surface area contributed by atoms with Crippen LogP contribution in [0.15, 0.2) is 52.1 Å². The number of carbonyl (C=O) groups excluding carboxylic acids is 1. The zero-order valence-corrected chi connectivity index (χ0v) is 18.3. The fourth-order valence-electron chi connectivity index (χ4n) is 3.14. The Kier molecular flexibility index (Phi) is 6.88. The van der Waals surface area contributed by atoms with Crippen molar-refractivity contribution in [3.63, 3.8) is 0 Å². The molecule has 32 heavy (non-hydrogen) atoms.